The third-order valence-electron chi connectivity index (χ3n) is 3.70. The molecule has 0 bridgehead atoms. The molecule has 0 radical (unpaired) electrons. The lowest BCUT2D eigenvalue weighted by Crippen LogP contribution is -2.32. The van der Waals surface area contributed by atoms with E-state index in [1.54, 1.807) is 24.3 Å². The largest absolute Gasteiger partial charge is 0.305 e. The molecule has 0 atom stereocenters. The lowest BCUT2D eigenvalue weighted by Gasteiger charge is -2.09. The average molecular weight is 436 g/mol. The number of hydrogen-bond acceptors (Lipinski definition) is 6. The van der Waals surface area contributed by atoms with E-state index in [4.69, 9.17) is 5.84 Å². The molecular weight excluding hydrogens is 422 g/mol. The molecule has 0 amide bonds. The minimum atomic E-state index is -4.45. The van der Waals surface area contributed by atoms with Crippen LogP contribution in [0.5, 0.6) is 0 Å². The molecule has 2 aromatic rings. The highest BCUT2D eigenvalue weighted by molar-refractivity contribution is 9.10. The number of halogens is 1. The second kappa shape index (κ2) is 7.44. The first-order valence-corrected chi connectivity index (χ1v) is 9.76. The van der Waals surface area contributed by atoms with E-state index >= 15 is 0 Å². The van der Waals surface area contributed by atoms with Crippen LogP contribution in [0.3, 0.4) is 0 Å². The highest BCUT2D eigenvalue weighted by Crippen LogP contribution is 2.29. The van der Waals surface area contributed by atoms with E-state index in [2.05, 4.69) is 36.5 Å². The Kier molecular flexibility index (Phi) is 5.25. The Morgan fingerprint density at radius 3 is 2.42 bits per heavy atom. The molecule has 0 fully saturated rings. The van der Waals surface area contributed by atoms with Gasteiger partial charge in [-0.25, -0.2) is 0 Å². The first-order chi connectivity index (χ1) is 12.4. The van der Waals surface area contributed by atoms with Gasteiger partial charge >= 0.3 is 0 Å². The number of nitrogens with zero attached hydrogens (tertiary/aromatic N) is 4. The molecule has 134 valence electrons. The second-order valence-corrected chi connectivity index (χ2v) is 7.73. The number of azo groups is 1. The summed E-state index contributed by atoms with van der Waals surface area (Å²) in [5, 5.41) is 16.3. The van der Waals surface area contributed by atoms with Crippen LogP contribution in [0.2, 0.25) is 0 Å². The van der Waals surface area contributed by atoms with Crippen LogP contribution in [0.25, 0.3) is 12.2 Å². The van der Waals surface area contributed by atoms with Gasteiger partial charge in [0, 0.05) is 14.9 Å². The van der Waals surface area contributed by atoms with Gasteiger partial charge in [-0.3, -0.25) is 4.55 Å². The van der Waals surface area contributed by atoms with Crippen molar-refractivity contribution in [2.45, 2.75) is 17.7 Å². The fourth-order valence-electron chi connectivity index (χ4n) is 2.64. The molecule has 10 heteroatoms. The van der Waals surface area contributed by atoms with E-state index in [1.165, 1.54) is 6.07 Å². The Morgan fingerprint density at radius 1 is 1.04 bits per heavy atom. The van der Waals surface area contributed by atoms with Crippen LogP contribution in [0.15, 0.2) is 60.3 Å². The molecule has 0 heterocycles. The van der Waals surface area contributed by atoms with Crippen LogP contribution >= 0.6 is 15.9 Å². The summed E-state index contributed by atoms with van der Waals surface area (Å²) in [6, 6.07) is 8.33. The zero-order chi connectivity index (χ0) is 18.7. The van der Waals surface area contributed by atoms with Crippen LogP contribution in [-0.4, -0.2) is 13.0 Å². The van der Waals surface area contributed by atoms with Crippen molar-refractivity contribution in [1.82, 2.24) is 0 Å². The fraction of sp³-hybridized carbons (Fsp3) is 0.125. The number of nitrogens with two attached hydrogens (primary N) is 1. The third-order valence-corrected chi connectivity index (χ3v) is 5.09. The van der Waals surface area contributed by atoms with Crippen molar-refractivity contribution in [3.8, 4) is 0 Å². The normalized spacial score (nSPS) is 14.2. The lowest BCUT2D eigenvalue weighted by atomic mass is 10.1. The van der Waals surface area contributed by atoms with Gasteiger partial charge in [-0.2, -0.15) is 13.5 Å². The van der Waals surface area contributed by atoms with E-state index < -0.39 is 10.1 Å². The summed E-state index contributed by atoms with van der Waals surface area (Å²) in [6.45, 7) is 0. The molecule has 2 aromatic carbocycles. The Bertz CT molecular complexity index is 1140. The lowest BCUT2D eigenvalue weighted by molar-refractivity contribution is 0.482. The molecule has 3 N–H and O–H groups in total. The fourth-order valence-corrected chi connectivity index (χ4v) is 3.76. The molecule has 1 aliphatic carbocycles. The van der Waals surface area contributed by atoms with E-state index in [-0.39, 0.29) is 10.6 Å². The van der Waals surface area contributed by atoms with Crippen LogP contribution in [0, 0.1) is 0 Å². The Hall–Kier alpha value is -2.43. The number of rotatable bonds is 4. The highest BCUT2D eigenvalue weighted by atomic mass is 79.9. The number of hydrogen-bond donors (Lipinski definition) is 2. The number of benzene rings is 2. The van der Waals surface area contributed by atoms with Crippen molar-refractivity contribution in [3.63, 3.8) is 0 Å². The molecule has 1 aliphatic rings. The molecule has 0 aliphatic heterocycles. The van der Waals surface area contributed by atoms with E-state index in [9.17, 15) is 13.0 Å². The molecule has 0 aromatic heterocycles. The van der Waals surface area contributed by atoms with Crippen molar-refractivity contribution in [1.29, 1.82) is 0 Å². The summed E-state index contributed by atoms with van der Waals surface area (Å²) in [6.07, 6.45) is 4.88. The summed E-state index contributed by atoms with van der Waals surface area (Å²) in [7, 11) is -4.45. The molecule has 0 spiro atoms. The maximum atomic E-state index is 11.8. The molecular formula is C16H14BrN5O3S. The zero-order valence-electron chi connectivity index (χ0n) is 13.4. The Morgan fingerprint density at radius 2 is 1.77 bits per heavy atom. The first kappa shape index (κ1) is 18.4. The van der Waals surface area contributed by atoms with Gasteiger partial charge in [0.25, 0.3) is 10.1 Å². The molecule has 0 unspecified atom stereocenters. The third kappa shape index (κ3) is 3.87. The van der Waals surface area contributed by atoms with E-state index in [1.807, 2.05) is 12.1 Å². The van der Waals surface area contributed by atoms with Gasteiger partial charge in [-0.15, -0.1) is 10.2 Å². The van der Waals surface area contributed by atoms with Crippen LogP contribution in [0.4, 0.5) is 17.1 Å². The van der Waals surface area contributed by atoms with Gasteiger partial charge in [-0.1, -0.05) is 39.4 Å². The minimum absolute atomic E-state index is 0.136. The van der Waals surface area contributed by atoms with Gasteiger partial charge in [0.05, 0.1) is 5.69 Å². The van der Waals surface area contributed by atoms with Crippen molar-refractivity contribution in [2.75, 3.05) is 0 Å². The van der Waals surface area contributed by atoms with Gasteiger partial charge in [0.2, 0.25) is 0 Å². The van der Waals surface area contributed by atoms with Crippen molar-refractivity contribution < 1.29 is 13.0 Å². The van der Waals surface area contributed by atoms with Gasteiger partial charge in [0.15, 0.2) is 0 Å². The highest BCUT2D eigenvalue weighted by Gasteiger charge is 2.19. The quantitative estimate of drug-likeness (QED) is 0.329. The Labute approximate surface area is 157 Å². The van der Waals surface area contributed by atoms with Crippen molar-refractivity contribution in [3.05, 3.63) is 45.2 Å². The molecule has 0 saturated carbocycles. The summed E-state index contributed by atoms with van der Waals surface area (Å²) in [5.74, 6) is 5.20. The summed E-state index contributed by atoms with van der Waals surface area (Å²) in [4.78, 5) is -0.248. The Balaban J connectivity index is 2.28. The maximum absolute atomic E-state index is 11.8. The van der Waals surface area contributed by atoms with E-state index in [0.717, 1.165) is 4.47 Å². The monoisotopic (exact) mass is 435 g/mol. The summed E-state index contributed by atoms with van der Waals surface area (Å²) < 4.78 is 34.0. The predicted octanol–water partition coefficient (Wildman–Crippen LogP) is 3.42. The van der Waals surface area contributed by atoms with Crippen LogP contribution in [-0.2, 0) is 10.1 Å². The average Bonchev–Trinajstić information content (AvgIpc) is 2.60. The summed E-state index contributed by atoms with van der Waals surface area (Å²) in [5.41, 5.74) is 0.985. The van der Waals surface area contributed by atoms with Crippen molar-refractivity contribution >= 4 is 55.3 Å². The first-order valence-electron chi connectivity index (χ1n) is 7.53. The van der Waals surface area contributed by atoms with Crippen LogP contribution < -0.4 is 16.3 Å². The molecule has 3 rings (SSSR count). The van der Waals surface area contributed by atoms with Gasteiger partial charge < -0.3 is 5.84 Å². The van der Waals surface area contributed by atoms with E-state index in [0.29, 0.717) is 34.7 Å². The van der Waals surface area contributed by atoms with Crippen molar-refractivity contribution in [2.24, 2.45) is 26.4 Å². The predicted molar refractivity (Wildman–Crippen MR) is 101 cm³/mol. The molecule has 0 saturated heterocycles. The maximum Gasteiger partial charge on any atom is 0.295 e. The zero-order valence-corrected chi connectivity index (χ0v) is 15.8. The summed E-state index contributed by atoms with van der Waals surface area (Å²) >= 11 is 3.34. The second-order valence-electron chi connectivity index (χ2n) is 5.43. The SMILES string of the molecule is NN=Nc1c(N=Nc2cccc(Br)c2)cc(S(=O)(=O)O)c2c1=CCCC=2. The van der Waals surface area contributed by atoms with Gasteiger partial charge in [0.1, 0.15) is 16.3 Å². The van der Waals surface area contributed by atoms with Gasteiger partial charge in [-0.05, 0) is 37.1 Å². The number of fused-ring (bicyclic) bond motifs is 1. The van der Waals surface area contributed by atoms with Crippen LogP contribution in [0.1, 0.15) is 12.8 Å². The minimum Gasteiger partial charge on any atom is -0.305 e. The molecule has 8 nitrogen and oxygen atoms in total. The molecule has 26 heavy (non-hydrogen) atoms. The smallest absolute Gasteiger partial charge is 0.295 e. The standard InChI is InChI=1S/C16H14BrN5O3S/c17-10-4-3-5-11(8-10)19-20-14-9-15(26(23,24)25)12-6-1-2-7-13(12)16(14)21-22-18/h3-9H,1-2H2,(H2,18,21)(H,23,24,25). The topological polar surface area (TPSA) is 130 Å².